The molecule has 2 rings (SSSR count). The Balaban J connectivity index is 2.05. The quantitative estimate of drug-likeness (QED) is 0.135. The minimum absolute atomic E-state index is 0.0131. The van der Waals surface area contributed by atoms with Gasteiger partial charge in [-0.2, -0.15) is 0 Å². The SMILES string of the molecule is CC(NC(=O)C(CCC(N)=O)NC(=O)C(N)CC(N)=O)C(=O)NC(Cc1c[nH]c2ccccc12)C(=O)O. The van der Waals surface area contributed by atoms with E-state index in [-0.39, 0.29) is 19.3 Å². The number of benzene rings is 1. The van der Waals surface area contributed by atoms with Crippen molar-refractivity contribution < 1.29 is 33.9 Å². The zero-order valence-electron chi connectivity index (χ0n) is 20.2. The largest absolute Gasteiger partial charge is 0.480 e. The van der Waals surface area contributed by atoms with Crippen LogP contribution < -0.4 is 33.2 Å². The summed E-state index contributed by atoms with van der Waals surface area (Å²) in [6.45, 7) is 1.32. The molecule has 200 valence electrons. The molecule has 0 spiro atoms. The first-order valence-electron chi connectivity index (χ1n) is 11.4. The summed E-state index contributed by atoms with van der Waals surface area (Å²) in [7, 11) is 0. The van der Waals surface area contributed by atoms with Crippen molar-refractivity contribution in [3.8, 4) is 0 Å². The van der Waals surface area contributed by atoms with E-state index in [1.165, 1.54) is 6.92 Å². The molecule has 1 heterocycles. The lowest BCUT2D eigenvalue weighted by Gasteiger charge is -2.23. The van der Waals surface area contributed by atoms with Gasteiger partial charge in [-0.15, -0.1) is 0 Å². The first-order valence-corrected chi connectivity index (χ1v) is 11.4. The number of para-hydroxylation sites is 1. The van der Waals surface area contributed by atoms with Crippen LogP contribution in [0.3, 0.4) is 0 Å². The van der Waals surface area contributed by atoms with Gasteiger partial charge in [-0.05, 0) is 25.0 Å². The fourth-order valence-electron chi connectivity index (χ4n) is 3.54. The van der Waals surface area contributed by atoms with Crippen molar-refractivity contribution in [2.75, 3.05) is 0 Å². The predicted octanol–water partition coefficient (Wildman–Crippen LogP) is -2.26. The van der Waals surface area contributed by atoms with E-state index in [0.717, 1.165) is 10.9 Å². The number of aromatic amines is 1. The Morgan fingerprint density at radius 3 is 2.19 bits per heavy atom. The number of nitrogens with two attached hydrogens (primary N) is 3. The highest BCUT2D eigenvalue weighted by Gasteiger charge is 2.29. The molecule has 0 fully saturated rings. The zero-order valence-corrected chi connectivity index (χ0v) is 20.2. The summed E-state index contributed by atoms with van der Waals surface area (Å²) in [5, 5.41) is 17.5. The zero-order chi connectivity index (χ0) is 27.7. The molecule has 0 saturated carbocycles. The number of primary amides is 2. The predicted molar refractivity (Wildman–Crippen MR) is 131 cm³/mol. The molecule has 1 aromatic carbocycles. The van der Waals surface area contributed by atoms with E-state index >= 15 is 0 Å². The number of H-pyrrole nitrogens is 1. The van der Waals surface area contributed by atoms with E-state index in [1.807, 2.05) is 18.2 Å². The Morgan fingerprint density at radius 1 is 0.919 bits per heavy atom. The monoisotopic (exact) mass is 517 g/mol. The molecule has 11 N–H and O–H groups in total. The third kappa shape index (κ3) is 8.61. The smallest absolute Gasteiger partial charge is 0.326 e. The van der Waals surface area contributed by atoms with Crippen molar-refractivity contribution in [3.63, 3.8) is 0 Å². The Bertz CT molecular complexity index is 1180. The number of carboxylic acids is 1. The molecule has 1 aromatic heterocycles. The van der Waals surface area contributed by atoms with Crippen molar-refractivity contribution in [2.45, 2.75) is 56.8 Å². The number of rotatable bonds is 14. The molecule has 4 atom stereocenters. The average Bonchev–Trinajstić information content (AvgIpc) is 3.23. The topological polar surface area (TPSA) is 253 Å². The Morgan fingerprint density at radius 2 is 1.57 bits per heavy atom. The van der Waals surface area contributed by atoms with Gasteiger partial charge >= 0.3 is 5.97 Å². The highest BCUT2D eigenvalue weighted by molar-refractivity contribution is 5.95. The van der Waals surface area contributed by atoms with Crippen molar-refractivity contribution >= 4 is 46.4 Å². The highest BCUT2D eigenvalue weighted by Crippen LogP contribution is 2.19. The summed E-state index contributed by atoms with van der Waals surface area (Å²) in [6, 6.07) is 2.15. The molecule has 0 aliphatic rings. The van der Waals surface area contributed by atoms with Crippen LogP contribution >= 0.6 is 0 Å². The minimum atomic E-state index is -1.33. The number of fused-ring (bicyclic) bond motifs is 1. The third-order valence-corrected chi connectivity index (χ3v) is 5.54. The minimum Gasteiger partial charge on any atom is -0.480 e. The second-order valence-electron chi connectivity index (χ2n) is 8.54. The highest BCUT2D eigenvalue weighted by atomic mass is 16.4. The second kappa shape index (κ2) is 13.0. The fourth-order valence-corrected chi connectivity index (χ4v) is 3.54. The summed E-state index contributed by atoms with van der Waals surface area (Å²) in [6.07, 6.45) is 0.702. The van der Waals surface area contributed by atoms with Gasteiger partial charge < -0.3 is 43.2 Å². The Labute approximate surface area is 211 Å². The molecule has 37 heavy (non-hydrogen) atoms. The number of hydrogen-bond donors (Lipinski definition) is 8. The van der Waals surface area contributed by atoms with Gasteiger partial charge in [0.25, 0.3) is 0 Å². The van der Waals surface area contributed by atoms with E-state index < -0.39 is 66.1 Å². The molecule has 2 aromatic rings. The van der Waals surface area contributed by atoms with Gasteiger partial charge in [0.2, 0.25) is 29.5 Å². The van der Waals surface area contributed by atoms with Crippen LogP contribution in [0.15, 0.2) is 30.5 Å². The van der Waals surface area contributed by atoms with E-state index in [2.05, 4.69) is 20.9 Å². The third-order valence-electron chi connectivity index (χ3n) is 5.54. The summed E-state index contributed by atoms with van der Waals surface area (Å²) in [5.74, 6) is -5.33. The molecular weight excluding hydrogens is 486 g/mol. The van der Waals surface area contributed by atoms with Gasteiger partial charge in [0.15, 0.2) is 0 Å². The number of carboxylic acid groups (broad SMARTS) is 1. The number of hydrogen-bond acceptors (Lipinski definition) is 7. The standard InChI is InChI=1S/C23H31N7O7/c1-11(28-22(35)16(6-7-18(25)31)29-21(34)14(24)9-19(26)32)20(33)30-17(23(36)37)8-12-10-27-15-5-3-2-4-13(12)15/h2-5,10-11,14,16-17,27H,6-9,24H2,1H3,(H2,25,31)(H2,26,32)(H,28,35)(H,29,34)(H,30,33)(H,36,37). The molecule has 5 amide bonds. The molecule has 4 unspecified atom stereocenters. The van der Waals surface area contributed by atoms with Gasteiger partial charge in [-0.25, -0.2) is 4.79 Å². The lowest BCUT2D eigenvalue weighted by atomic mass is 10.0. The van der Waals surface area contributed by atoms with Crippen LogP contribution in [0.4, 0.5) is 0 Å². The van der Waals surface area contributed by atoms with E-state index in [0.29, 0.717) is 5.56 Å². The van der Waals surface area contributed by atoms with E-state index in [1.54, 1.807) is 12.3 Å². The molecule has 0 saturated heterocycles. The number of aromatic nitrogens is 1. The van der Waals surface area contributed by atoms with Crippen LogP contribution in [-0.2, 0) is 35.2 Å². The second-order valence-corrected chi connectivity index (χ2v) is 8.54. The van der Waals surface area contributed by atoms with Crippen LogP contribution in [0.1, 0.15) is 31.7 Å². The summed E-state index contributed by atoms with van der Waals surface area (Å²) in [5.41, 5.74) is 17.2. The van der Waals surface area contributed by atoms with E-state index in [4.69, 9.17) is 17.2 Å². The van der Waals surface area contributed by atoms with Crippen LogP contribution in [-0.4, -0.2) is 69.8 Å². The lowest BCUT2D eigenvalue weighted by molar-refractivity contribution is -0.142. The Kier molecular flexibility index (Phi) is 10.1. The van der Waals surface area contributed by atoms with Crippen molar-refractivity contribution in [2.24, 2.45) is 17.2 Å². The molecule has 14 heteroatoms. The van der Waals surface area contributed by atoms with Crippen LogP contribution in [0, 0.1) is 0 Å². The average molecular weight is 518 g/mol. The first kappa shape index (κ1) is 28.8. The van der Waals surface area contributed by atoms with Crippen LogP contribution in [0.25, 0.3) is 10.9 Å². The maximum Gasteiger partial charge on any atom is 0.326 e. The van der Waals surface area contributed by atoms with Crippen LogP contribution in [0.5, 0.6) is 0 Å². The van der Waals surface area contributed by atoms with Crippen LogP contribution in [0.2, 0.25) is 0 Å². The van der Waals surface area contributed by atoms with E-state index in [9.17, 15) is 33.9 Å². The molecular formula is C23H31N7O7. The molecule has 0 aliphatic heterocycles. The van der Waals surface area contributed by atoms with Crippen molar-refractivity contribution in [3.05, 3.63) is 36.0 Å². The van der Waals surface area contributed by atoms with Crippen molar-refractivity contribution in [1.82, 2.24) is 20.9 Å². The summed E-state index contributed by atoms with van der Waals surface area (Å²) in [4.78, 5) is 74.7. The number of carbonyl (C=O) groups is 6. The number of amides is 5. The summed E-state index contributed by atoms with van der Waals surface area (Å²) < 4.78 is 0. The lowest BCUT2D eigenvalue weighted by Crippen LogP contribution is -2.56. The van der Waals surface area contributed by atoms with Gasteiger partial charge in [0.05, 0.1) is 12.5 Å². The Hall–Kier alpha value is -4.46. The summed E-state index contributed by atoms with van der Waals surface area (Å²) >= 11 is 0. The normalized spacial score (nSPS) is 14.1. The molecule has 0 radical (unpaired) electrons. The maximum atomic E-state index is 12.8. The van der Waals surface area contributed by atoms with Gasteiger partial charge in [0, 0.05) is 29.9 Å². The van der Waals surface area contributed by atoms with Gasteiger partial charge in [-0.3, -0.25) is 24.0 Å². The van der Waals surface area contributed by atoms with Gasteiger partial charge in [0.1, 0.15) is 18.1 Å². The molecule has 0 bridgehead atoms. The van der Waals surface area contributed by atoms with Gasteiger partial charge in [-0.1, -0.05) is 18.2 Å². The van der Waals surface area contributed by atoms with Crippen molar-refractivity contribution in [1.29, 1.82) is 0 Å². The molecule has 14 nitrogen and oxygen atoms in total. The number of aliphatic carboxylic acids is 1. The first-order chi connectivity index (χ1) is 17.4. The fraction of sp³-hybridized carbons (Fsp3) is 0.391. The molecule has 0 aliphatic carbocycles. The maximum absolute atomic E-state index is 12.8. The number of nitrogens with one attached hydrogen (secondary N) is 4. The number of carbonyl (C=O) groups excluding carboxylic acids is 5.